The third kappa shape index (κ3) is 5.27. The van der Waals surface area contributed by atoms with Gasteiger partial charge < -0.3 is 28.3 Å². The maximum absolute atomic E-state index is 13.9. The molecule has 4 aromatic rings. The minimum absolute atomic E-state index is 0.118. The Balaban J connectivity index is 1.39. The lowest BCUT2D eigenvalue weighted by molar-refractivity contribution is -0.140. The van der Waals surface area contributed by atoms with Crippen LogP contribution in [-0.2, 0) is 42.0 Å². The Labute approximate surface area is 248 Å². The molecule has 0 fully saturated rings. The molecule has 2 aromatic carbocycles. The predicted molar refractivity (Wildman–Crippen MR) is 159 cm³/mol. The fourth-order valence-electron chi connectivity index (χ4n) is 6.40. The van der Waals surface area contributed by atoms with Crippen molar-refractivity contribution in [2.75, 3.05) is 27.9 Å². The Bertz CT molecular complexity index is 1840. The molecule has 224 valence electrons. The second kappa shape index (κ2) is 11.6. The van der Waals surface area contributed by atoms with E-state index in [1.54, 1.807) is 24.9 Å². The number of nitrogens with zero attached hydrogens (tertiary/aromatic N) is 2. The van der Waals surface area contributed by atoms with Crippen LogP contribution in [0.15, 0.2) is 56.5 Å². The molecule has 0 bridgehead atoms. The molecule has 43 heavy (non-hydrogen) atoms. The molecule has 0 spiro atoms. The lowest BCUT2D eigenvalue weighted by atomic mass is 9.90. The zero-order valence-electron chi connectivity index (χ0n) is 24.5. The molecule has 2 aliphatic heterocycles. The van der Waals surface area contributed by atoms with Crippen molar-refractivity contribution in [2.45, 2.75) is 51.2 Å². The van der Waals surface area contributed by atoms with Gasteiger partial charge in [0.05, 0.1) is 45.7 Å². The molecule has 1 unspecified atom stereocenters. The zero-order valence-corrected chi connectivity index (χ0v) is 24.5. The van der Waals surface area contributed by atoms with E-state index in [1.807, 2.05) is 30.3 Å². The number of aromatic hydroxyl groups is 1. The highest BCUT2D eigenvalue weighted by molar-refractivity contribution is 5.84. The van der Waals surface area contributed by atoms with E-state index in [9.17, 15) is 19.5 Å². The molecule has 2 aliphatic rings. The molecule has 1 N–H and O–H groups in total. The molecule has 4 heterocycles. The molecule has 1 atom stereocenters. The number of para-hydroxylation sites is 1. The zero-order chi connectivity index (χ0) is 30.2. The minimum atomic E-state index is -1.02. The van der Waals surface area contributed by atoms with E-state index in [1.165, 1.54) is 13.2 Å². The van der Waals surface area contributed by atoms with Crippen LogP contribution in [0.3, 0.4) is 0 Å². The number of aryl methyl sites for hydroxylation is 2. The van der Waals surface area contributed by atoms with Gasteiger partial charge in [-0.15, -0.1) is 0 Å². The van der Waals surface area contributed by atoms with E-state index in [0.29, 0.717) is 36.9 Å². The normalized spacial score (nSPS) is 15.1. The first kappa shape index (κ1) is 28.5. The van der Waals surface area contributed by atoms with E-state index in [2.05, 4.69) is 4.90 Å². The second-order valence-corrected chi connectivity index (χ2v) is 11.1. The van der Waals surface area contributed by atoms with Crippen LogP contribution in [0.4, 0.5) is 0 Å². The first-order valence-electron chi connectivity index (χ1n) is 14.4. The molecule has 0 saturated carbocycles. The number of carbonyl (C=O) groups excluding carboxylic acids is 1. The van der Waals surface area contributed by atoms with Gasteiger partial charge in [0.2, 0.25) is 11.2 Å². The van der Waals surface area contributed by atoms with E-state index in [-0.39, 0.29) is 29.8 Å². The quantitative estimate of drug-likeness (QED) is 0.307. The van der Waals surface area contributed by atoms with E-state index >= 15 is 0 Å². The van der Waals surface area contributed by atoms with Gasteiger partial charge in [0.1, 0.15) is 5.76 Å². The first-order chi connectivity index (χ1) is 20.8. The van der Waals surface area contributed by atoms with Crippen molar-refractivity contribution in [1.82, 2.24) is 9.47 Å². The van der Waals surface area contributed by atoms with Crippen molar-refractivity contribution in [3.63, 3.8) is 0 Å². The molecule has 0 saturated heterocycles. The van der Waals surface area contributed by atoms with Crippen molar-refractivity contribution in [2.24, 2.45) is 0 Å². The minimum Gasteiger partial charge on any atom is -0.502 e. The Hall–Kier alpha value is -4.57. The maximum atomic E-state index is 13.9. The number of hydrogen-bond acceptors (Lipinski definition) is 9. The smallest absolute Gasteiger partial charge is 0.306 e. The molecular formula is C33H34N2O8. The summed E-state index contributed by atoms with van der Waals surface area (Å²) >= 11 is 0. The number of esters is 1. The monoisotopic (exact) mass is 586 g/mol. The van der Waals surface area contributed by atoms with Gasteiger partial charge in [-0.2, -0.15) is 0 Å². The first-order valence-corrected chi connectivity index (χ1v) is 14.4. The van der Waals surface area contributed by atoms with Gasteiger partial charge in [0, 0.05) is 31.3 Å². The van der Waals surface area contributed by atoms with Crippen LogP contribution in [0.2, 0.25) is 0 Å². The molecule has 6 rings (SSSR count). The van der Waals surface area contributed by atoms with E-state index in [0.717, 1.165) is 46.9 Å². The number of methoxy groups -OCH3 is 3. The van der Waals surface area contributed by atoms with Crippen molar-refractivity contribution in [3.8, 4) is 17.2 Å². The molecule has 2 aromatic heterocycles. The summed E-state index contributed by atoms with van der Waals surface area (Å²) in [5, 5.41) is 11.8. The largest absolute Gasteiger partial charge is 0.502 e. The highest BCUT2D eigenvalue weighted by atomic mass is 16.5. The highest BCUT2D eigenvalue weighted by Crippen LogP contribution is 2.36. The Morgan fingerprint density at radius 1 is 0.977 bits per heavy atom. The van der Waals surface area contributed by atoms with Gasteiger partial charge in [-0.25, -0.2) is 0 Å². The summed E-state index contributed by atoms with van der Waals surface area (Å²) in [7, 11) is 4.46. The number of carbonyl (C=O) groups is 1. The SMILES string of the molecule is COC(=O)CC(c1oc(CN2CCc3cc(OC)c(OC)cc3C2)cc(=O)c1O)c1cc2cccc3c2n(c1=O)CCC3. The van der Waals surface area contributed by atoms with E-state index < -0.39 is 23.1 Å². The number of hydrogen-bond donors (Lipinski definition) is 1. The summed E-state index contributed by atoms with van der Waals surface area (Å²) in [4.78, 5) is 41.7. The lowest BCUT2D eigenvalue weighted by Crippen LogP contribution is -2.31. The van der Waals surface area contributed by atoms with Gasteiger partial charge in [-0.1, -0.05) is 18.2 Å². The summed E-state index contributed by atoms with van der Waals surface area (Å²) in [5.41, 5.74) is 3.54. The summed E-state index contributed by atoms with van der Waals surface area (Å²) in [6.07, 6.45) is 2.16. The van der Waals surface area contributed by atoms with Crippen LogP contribution in [0.5, 0.6) is 17.2 Å². The number of benzene rings is 2. The number of pyridine rings is 1. The lowest BCUT2D eigenvalue weighted by Gasteiger charge is -2.29. The van der Waals surface area contributed by atoms with Crippen LogP contribution >= 0.6 is 0 Å². The summed E-state index contributed by atoms with van der Waals surface area (Å²) in [6, 6.07) is 12.8. The Kier molecular flexibility index (Phi) is 7.70. The fraction of sp³-hybridized carbons (Fsp3) is 0.364. The summed E-state index contributed by atoms with van der Waals surface area (Å²) in [6.45, 7) is 2.10. The van der Waals surface area contributed by atoms with Crippen molar-refractivity contribution >= 4 is 16.9 Å². The van der Waals surface area contributed by atoms with Gasteiger partial charge in [-0.05, 0) is 59.5 Å². The van der Waals surface area contributed by atoms with Crippen LogP contribution in [-0.4, -0.2) is 48.4 Å². The highest BCUT2D eigenvalue weighted by Gasteiger charge is 2.31. The number of aromatic nitrogens is 1. The van der Waals surface area contributed by atoms with Crippen molar-refractivity contribution in [1.29, 1.82) is 0 Å². The molecule has 0 aliphatic carbocycles. The van der Waals surface area contributed by atoms with E-state index in [4.69, 9.17) is 18.6 Å². The fourth-order valence-corrected chi connectivity index (χ4v) is 6.40. The van der Waals surface area contributed by atoms with Crippen LogP contribution in [0, 0.1) is 0 Å². The Morgan fingerprint density at radius 2 is 1.74 bits per heavy atom. The topological polar surface area (TPSA) is 120 Å². The number of rotatable bonds is 8. The average Bonchev–Trinajstić information content (AvgIpc) is 3.02. The number of fused-ring (bicyclic) bond motifs is 1. The molecule has 0 radical (unpaired) electrons. The standard InChI is InChI=1S/C33H34N2O8/c1-40-27-13-20-9-11-34(17-22(20)14-28(27)41-2)18-23-15-26(36)31(38)32(43-23)24(16-29(37)42-3)25-12-21-7-4-6-19-8-5-10-35(30(19)21)33(25)39/h4,6-7,12-15,24,38H,5,8-11,16-18H2,1-3H3. The molecular weight excluding hydrogens is 552 g/mol. The third-order valence-corrected chi connectivity index (χ3v) is 8.52. The predicted octanol–water partition coefficient (Wildman–Crippen LogP) is 3.88. The van der Waals surface area contributed by atoms with Crippen molar-refractivity contribution in [3.05, 3.63) is 96.8 Å². The van der Waals surface area contributed by atoms with Crippen LogP contribution < -0.4 is 20.5 Å². The number of ether oxygens (including phenoxy) is 3. The molecule has 10 nitrogen and oxygen atoms in total. The maximum Gasteiger partial charge on any atom is 0.306 e. The average molecular weight is 587 g/mol. The summed E-state index contributed by atoms with van der Waals surface area (Å²) in [5.74, 6) is -0.721. The van der Waals surface area contributed by atoms with Gasteiger partial charge in [-0.3, -0.25) is 19.3 Å². The second-order valence-electron chi connectivity index (χ2n) is 11.1. The van der Waals surface area contributed by atoms with Gasteiger partial charge in [0.15, 0.2) is 17.3 Å². The molecule has 10 heteroatoms. The van der Waals surface area contributed by atoms with Gasteiger partial charge in [0.25, 0.3) is 5.56 Å². The van der Waals surface area contributed by atoms with Crippen molar-refractivity contribution < 1.29 is 28.5 Å². The third-order valence-electron chi connectivity index (χ3n) is 8.52. The van der Waals surface area contributed by atoms with Gasteiger partial charge >= 0.3 is 5.97 Å². The molecule has 0 amide bonds. The summed E-state index contributed by atoms with van der Waals surface area (Å²) < 4.78 is 23.8. The van der Waals surface area contributed by atoms with Crippen LogP contribution in [0.25, 0.3) is 10.9 Å². The Morgan fingerprint density at radius 3 is 2.49 bits per heavy atom. The van der Waals surface area contributed by atoms with Crippen LogP contribution in [0.1, 0.15) is 52.5 Å².